The first-order chi connectivity index (χ1) is 37.2. The number of benzene rings is 9. The first kappa shape index (κ1) is 48.1. The monoisotopic (exact) mass is 987 g/mol. The minimum absolute atomic E-state index is 0.0489. The molecule has 0 saturated heterocycles. The lowest BCUT2D eigenvalue weighted by atomic mass is 9.78. The van der Waals surface area contributed by atoms with Crippen molar-refractivity contribution < 1.29 is 19.5 Å². The van der Waals surface area contributed by atoms with E-state index in [1.807, 2.05) is 97.1 Å². The van der Waals surface area contributed by atoms with Gasteiger partial charge in [-0.3, -0.25) is 14.4 Å². The van der Waals surface area contributed by atoms with Crippen molar-refractivity contribution in [1.29, 1.82) is 0 Å². The third kappa shape index (κ3) is 9.86. The zero-order valence-electron chi connectivity index (χ0n) is 41.8. The molecule has 0 aliphatic heterocycles. The Morgan fingerprint density at radius 1 is 0.434 bits per heavy atom. The van der Waals surface area contributed by atoms with Crippen LogP contribution in [-0.4, -0.2) is 28.4 Å². The number of amides is 2. The molecule has 0 aromatic heterocycles. The second kappa shape index (κ2) is 21.1. The molecule has 0 unspecified atom stereocenters. The number of aliphatic hydroxyl groups is 1. The lowest BCUT2D eigenvalue weighted by Crippen LogP contribution is -2.30. The van der Waals surface area contributed by atoms with Crippen molar-refractivity contribution in [3.05, 3.63) is 283 Å². The van der Waals surface area contributed by atoms with E-state index in [1.54, 1.807) is 12.1 Å². The first-order valence-electron chi connectivity index (χ1n) is 25.1. The molecule has 2 aliphatic rings. The van der Waals surface area contributed by atoms with Crippen LogP contribution < -0.4 is 20.1 Å². The number of allylic oxidation sites excluding steroid dienone is 5. The molecule has 0 atom stereocenters. The maximum atomic E-state index is 14.7. The fraction of sp³-hybridized carbons (Fsp3) is 0.0294. The molecule has 0 spiro atoms. The van der Waals surface area contributed by atoms with Gasteiger partial charge < -0.3 is 20.6 Å². The molecule has 0 fully saturated rings. The summed E-state index contributed by atoms with van der Waals surface area (Å²) in [5, 5.41) is 18.0. The molecule has 366 valence electrons. The molecule has 9 aromatic rings. The fourth-order valence-corrected chi connectivity index (χ4v) is 9.90. The van der Waals surface area contributed by atoms with Crippen LogP contribution in [0, 0.1) is 0 Å². The highest BCUT2D eigenvalue weighted by Crippen LogP contribution is 2.45. The SMILES string of the molecule is CC(=O)NC1=CC(=[N+](c2ccc(-c3ccccc3)cc2)c2ccc(-c3ccccc3)cc2)C=C/C1=C1\C(=O)C(c2ccc(N(c3ccc(-c4ccccc4)cc3)c3ccc(-c4ccccc4)cc3)cc2NC(C)=O)=C1O. The zero-order valence-corrected chi connectivity index (χ0v) is 41.8. The van der Waals surface area contributed by atoms with Gasteiger partial charge >= 0.3 is 0 Å². The van der Waals surface area contributed by atoms with Gasteiger partial charge in [-0.2, -0.15) is 4.58 Å². The molecule has 2 amide bonds. The molecule has 3 N–H and O–H groups in total. The van der Waals surface area contributed by atoms with E-state index in [2.05, 4.69) is 166 Å². The number of nitrogens with zero attached hydrogens (tertiary/aromatic N) is 2. The van der Waals surface area contributed by atoms with Crippen molar-refractivity contribution >= 4 is 63.0 Å². The summed E-state index contributed by atoms with van der Waals surface area (Å²) >= 11 is 0. The van der Waals surface area contributed by atoms with E-state index < -0.39 is 5.78 Å². The van der Waals surface area contributed by atoms with E-state index in [4.69, 9.17) is 0 Å². The van der Waals surface area contributed by atoms with E-state index in [9.17, 15) is 19.5 Å². The van der Waals surface area contributed by atoms with Gasteiger partial charge in [0.15, 0.2) is 0 Å². The van der Waals surface area contributed by atoms with Gasteiger partial charge in [-0.15, -0.1) is 0 Å². The number of ketones is 1. The summed E-state index contributed by atoms with van der Waals surface area (Å²) in [7, 11) is 0. The smallest absolute Gasteiger partial charge is 0.221 e. The van der Waals surface area contributed by atoms with Gasteiger partial charge in [0, 0.05) is 78.5 Å². The summed E-state index contributed by atoms with van der Waals surface area (Å²) in [5.41, 5.74) is 15.0. The van der Waals surface area contributed by atoms with Crippen molar-refractivity contribution in [3.63, 3.8) is 0 Å². The molecule has 11 rings (SSSR count). The number of aliphatic hydroxyl groups excluding tert-OH is 1. The van der Waals surface area contributed by atoms with Gasteiger partial charge in [0.05, 0.1) is 22.5 Å². The molecule has 76 heavy (non-hydrogen) atoms. The molecule has 0 saturated carbocycles. The second-order valence-electron chi connectivity index (χ2n) is 18.6. The van der Waals surface area contributed by atoms with E-state index in [1.165, 1.54) is 13.8 Å². The van der Waals surface area contributed by atoms with Crippen LogP contribution in [0.25, 0.3) is 50.1 Å². The Kier molecular flexibility index (Phi) is 13.4. The van der Waals surface area contributed by atoms with E-state index in [-0.39, 0.29) is 28.7 Å². The molecule has 9 aromatic carbocycles. The fourth-order valence-electron chi connectivity index (χ4n) is 9.90. The molecule has 0 radical (unpaired) electrons. The maximum Gasteiger partial charge on any atom is 0.221 e. The Bertz CT molecular complexity index is 3660. The lowest BCUT2D eigenvalue weighted by molar-refractivity contribution is -0.118. The van der Waals surface area contributed by atoms with E-state index in [0.29, 0.717) is 33.9 Å². The van der Waals surface area contributed by atoms with Crippen LogP contribution in [0.15, 0.2) is 277 Å². The van der Waals surface area contributed by atoms with Crippen molar-refractivity contribution in [2.75, 3.05) is 10.2 Å². The highest BCUT2D eigenvalue weighted by Gasteiger charge is 2.40. The predicted octanol–water partition coefficient (Wildman–Crippen LogP) is 15.5. The zero-order chi connectivity index (χ0) is 52.1. The number of hydrogen-bond acceptors (Lipinski definition) is 5. The number of hydrogen-bond donors (Lipinski definition) is 3. The van der Waals surface area contributed by atoms with Crippen LogP contribution in [0.4, 0.5) is 34.1 Å². The number of carbonyl (C=O) groups is 3. The molecular weight excluding hydrogens is 937 g/mol. The van der Waals surface area contributed by atoms with Crippen LogP contribution in [-0.2, 0) is 14.4 Å². The Morgan fingerprint density at radius 3 is 1.21 bits per heavy atom. The summed E-state index contributed by atoms with van der Waals surface area (Å²) < 4.78 is 2.09. The number of carbonyl (C=O) groups excluding carboxylic acids is 3. The van der Waals surface area contributed by atoms with Gasteiger partial charge in [0.1, 0.15) is 5.76 Å². The van der Waals surface area contributed by atoms with Crippen molar-refractivity contribution in [2.45, 2.75) is 13.8 Å². The molecule has 2 aliphatic carbocycles. The molecule has 8 heteroatoms. The lowest BCUT2D eigenvalue weighted by Gasteiger charge is -2.29. The topological polar surface area (TPSA) is 102 Å². The maximum absolute atomic E-state index is 14.7. The van der Waals surface area contributed by atoms with Gasteiger partial charge in [-0.25, -0.2) is 0 Å². The number of Topliss-reactive ketones (excluding diaryl/α,β-unsaturated/α-hetero) is 1. The molecule has 0 heterocycles. The summed E-state index contributed by atoms with van der Waals surface area (Å²) in [5.74, 6) is -1.39. The summed E-state index contributed by atoms with van der Waals surface area (Å²) in [4.78, 5) is 42.7. The Balaban J connectivity index is 0.988. The van der Waals surface area contributed by atoms with Gasteiger partial charge in [0.25, 0.3) is 0 Å². The Hall–Kier alpha value is -10.2. The highest BCUT2D eigenvalue weighted by molar-refractivity contribution is 6.40. The number of rotatable bonds is 12. The van der Waals surface area contributed by atoms with Crippen LogP contribution in [0.2, 0.25) is 0 Å². The third-order valence-corrected chi connectivity index (χ3v) is 13.5. The quantitative estimate of drug-likeness (QED) is 0.0836. The number of anilines is 4. The van der Waals surface area contributed by atoms with Crippen LogP contribution in [0.5, 0.6) is 0 Å². The largest absolute Gasteiger partial charge is 0.506 e. The summed E-state index contributed by atoms with van der Waals surface area (Å²) in [6.45, 7) is 2.82. The van der Waals surface area contributed by atoms with Crippen LogP contribution in [0.3, 0.4) is 0 Å². The first-order valence-corrected chi connectivity index (χ1v) is 25.1. The van der Waals surface area contributed by atoms with Crippen LogP contribution in [0.1, 0.15) is 19.4 Å². The summed E-state index contributed by atoms with van der Waals surface area (Å²) in [6.07, 6.45) is 5.46. The van der Waals surface area contributed by atoms with Crippen molar-refractivity contribution in [3.8, 4) is 44.5 Å². The highest BCUT2D eigenvalue weighted by atomic mass is 16.3. The standard InChI is InChI=1S/C68H50N4O4/c1-45(73)69-63-43-59(71(55-31-23-51(24-32-55)47-15-7-3-8-16-47)56-33-25-52(26-34-56)48-17-9-4-10-18-48)39-41-61(63)65-67(75)66(68(65)76)62-42-40-60(44-64(62)70-46(2)74)72(57-35-27-53(28-36-57)49-19-11-5-12-20-49)58-37-29-54(30-38-58)50-21-13-6-14-22-50/h3-44H,1-2H3,(H2,69,70,73,74,75,76)/p+1. The third-order valence-electron chi connectivity index (χ3n) is 13.5. The van der Waals surface area contributed by atoms with Gasteiger partial charge in [-0.1, -0.05) is 146 Å². The van der Waals surface area contributed by atoms with Crippen LogP contribution >= 0.6 is 0 Å². The number of nitrogens with one attached hydrogen (secondary N) is 2. The van der Waals surface area contributed by atoms with Crippen molar-refractivity contribution in [2.24, 2.45) is 0 Å². The Morgan fingerprint density at radius 2 is 0.816 bits per heavy atom. The molecular formula is C68H51N4O4+. The second-order valence-corrected chi connectivity index (χ2v) is 18.6. The minimum atomic E-state index is -0.439. The van der Waals surface area contributed by atoms with Gasteiger partial charge in [0.2, 0.25) is 34.7 Å². The van der Waals surface area contributed by atoms with E-state index in [0.717, 1.165) is 67.3 Å². The van der Waals surface area contributed by atoms with E-state index >= 15 is 0 Å². The average Bonchev–Trinajstić information content (AvgIpc) is 3.52. The van der Waals surface area contributed by atoms with Gasteiger partial charge in [-0.05, 0) is 117 Å². The molecule has 0 bridgehead atoms. The Labute approximate surface area is 441 Å². The minimum Gasteiger partial charge on any atom is -0.506 e. The predicted molar refractivity (Wildman–Crippen MR) is 309 cm³/mol. The van der Waals surface area contributed by atoms with Crippen molar-refractivity contribution in [1.82, 2.24) is 9.89 Å². The average molecular weight is 988 g/mol. The normalized spacial score (nSPS) is 13.9. The molecule has 8 nitrogen and oxygen atoms in total. The summed E-state index contributed by atoms with van der Waals surface area (Å²) in [6, 6.07) is 79.3.